The quantitative estimate of drug-likeness (QED) is 0.251. The van der Waals surface area contributed by atoms with Gasteiger partial charge in [-0.15, -0.1) is 0 Å². The van der Waals surface area contributed by atoms with Crippen molar-refractivity contribution in [2.45, 2.75) is 37.6 Å². The highest BCUT2D eigenvalue weighted by molar-refractivity contribution is 8.00. The summed E-state index contributed by atoms with van der Waals surface area (Å²) in [6.07, 6.45) is 8.13. The summed E-state index contributed by atoms with van der Waals surface area (Å²) in [7, 11) is 1.44. The number of methoxy groups -OCH3 is 1. The third kappa shape index (κ3) is 6.20. The van der Waals surface area contributed by atoms with Crippen LogP contribution in [0, 0.1) is 5.92 Å². The van der Waals surface area contributed by atoms with Crippen LogP contribution in [-0.2, 0) is 9.53 Å². The summed E-state index contributed by atoms with van der Waals surface area (Å²) in [6.45, 7) is 5.03. The molecule has 2 atom stereocenters. The minimum absolute atomic E-state index is 0.0393. The van der Waals surface area contributed by atoms with Gasteiger partial charge in [0.15, 0.2) is 0 Å². The summed E-state index contributed by atoms with van der Waals surface area (Å²) in [4.78, 5) is 15.5. The Morgan fingerprint density at radius 2 is 1.89 bits per heavy atom. The number of fused-ring (bicyclic) bond motifs is 1. The summed E-state index contributed by atoms with van der Waals surface area (Å²) in [6, 6.07) is 19.6. The molecule has 0 amide bonds. The minimum atomic E-state index is -0.211. The number of benzene rings is 3. The van der Waals surface area contributed by atoms with Gasteiger partial charge in [-0.1, -0.05) is 49.4 Å². The Labute approximate surface area is 211 Å². The van der Waals surface area contributed by atoms with E-state index in [1.807, 2.05) is 24.3 Å². The normalized spacial score (nSPS) is 16.0. The molecule has 0 heterocycles. The number of esters is 1. The second kappa shape index (κ2) is 11.4. The van der Waals surface area contributed by atoms with E-state index in [2.05, 4.69) is 66.0 Å². The zero-order valence-electron chi connectivity index (χ0n) is 20.4. The fourth-order valence-electron chi connectivity index (χ4n) is 4.39. The Bertz CT molecular complexity index is 1240. The van der Waals surface area contributed by atoms with Crippen LogP contribution in [0.5, 0.6) is 5.75 Å². The predicted octanol–water partition coefficient (Wildman–Crippen LogP) is 6.95. The molecule has 0 spiro atoms. The Balaban J connectivity index is 1.68. The van der Waals surface area contributed by atoms with Crippen LogP contribution in [0.3, 0.4) is 0 Å². The van der Waals surface area contributed by atoms with Gasteiger partial charge in [0.1, 0.15) is 5.75 Å². The molecular formula is C29H32N2O3S. The first-order valence-corrected chi connectivity index (χ1v) is 12.7. The van der Waals surface area contributed by atoms with Crippen molar-refractivity contribution in [3.05, 3.63) is 84.5 Å². The number of ether oxygens (including phenoxy) is 1. The van der Waals surface area contributed by atoms with Gasteiger partial charge in [-0.05, 0) is 73.2 Å². The van der Waals surface area contributed by atoms with E-state index in [-0.39, 0.29) is 17.8 Å². The highest BCUT2D eigenvalue weighted by atomic mass is 32.2. The average Bonchev–Trinajstić information content (AvgIpc) is 2.87. The molecule has 0 radical (unpaired) electrons. The number of aromatic hydroxyl groups is 1. The number of phenolic OH excluding ortho intramolecular Hbond substituents is 1. The van der Waals surface area contributed by atoms with Crippen molar-refractivity contribution in [2.75, 3.05) is 23.3 Å². The van der Waals surface area contributed by atoms with E-state index in [1.54, 1.807) is 12.1 Å². The van der Waals surface area contributed by atoms with Crippen molar-refractivity contribution in [2.24, 2.45) is 5.92 Å². The zero-order valence-corrected chi connectivity index (χ0v) is 21.2. The van der Waals surface area contributed by atoms with Crippen LogP contribution >= 0.6 is 11.9 Å². The molecule has 35 heavy (non-hydrogen) atoms. The second-order valence-corrected chi connectivity index (χ2v) is 9.87. The van der Waals surface area contributed by atoms with E-state index in [1.165, 1.54) is 24.6 Å². The number of anilines is 2. The smallest absolute Gasteiger partial charge is 0.307 e. The van der Waals surface area contributed by atoms with Gasteiger partial charge < -0.3 is 19.5 Å². The molecule has 2 unspecified atom stereocenters. The zero-order chi connectivity index (χ0) is 24.8. The van der Waals surface area contributed by atoms with Crippen LogP contribution in [0.1, 0.15) is 26.7 Å². The number of hydrogen-bond acceptors (Lipinski definition) is 6. The van der Waals surface area contributed by atoms with E-state index in [9.17, 15) is 9.90 Å². The third-order valence-corrected chi connectivity index (χ3v) is 7.07. The molecule has 0 aliphatic heterocycles. The van der Waals surface area contributed by atoms with Crippen molar-refractivity contribution in [3.63, 3.8) is 0 Å². The summed E-state index contributed by atoms with van der Waals surface area (Å²) in [5.41, 5.74) is 3.35. The molecule has 2 N–H and O–H groups in total. The van der Waals surface area contributed by atoms with Crippen molar-refractivity contribution >= 4 is 40.1 Å². The number of phenols is 1. The van der Waals surface area contributed by atoms with E-state index in [0.717, 1.165) is 40.0 Å². The summed E-state index contributed by atoms with van der Waals surface area (Å²) in [5.74, 6) is 0.549. The number of carbonyl (C=O) groups excluding carboxylic acids is 1. The first-order chi connectivity index (χ1) is 16.9. The topological polar surface area (TPSA) is 61.8 Å². The third-order valence-electron chi connectivity index (χ3n) is 6.24. The van der Waals surface area contributed by atoms with Gasteiger partial charge in [-0.2, -0.15) is 0 Å². The van der Waals surface area contributed by atoms with E-state index < -0.39 is 0 Å². The minimum Gasteiger partial charge on any atom is -0.508 e. The lowest BCUT2D eigenvalue weighted by Gasteiger charge is -2.33. The molecule has 5 nitrogen and oxygen atoms in total. The first-order valence-electron chi connectivity index (χ1n) is 11.9. The van der Waals surface area contributed by atoms with Crippen molar-refractivity contribution in [3.8, 4) is 5.75 Å². The fourth-order valence-corrected chi connectivity index (χ4v) is 5.07. The van der Waals surface area contributed by atoms with Gasteiger partial charge in [0.05, 0.1) is 19.2 Å². The van der Waals surface area contributed by atoms with Gasteiger partial charge in [0, 0.05) is 33.9 Å². The molecule has 0 saturated heterocycles. The lowest BCUT2D eigenvalue weighted by atomic mass is 9.96. The molecule has 0 aromatic heterocycles. The molecule has 6 heteroatoms. The maximum atomic E-state index is 12.2. The number of nitrogens with zero attached hydrogens (tertiary/aromatic N) is 1. The van der Waals surface area contributed by atoms with Crippen molar-refractivity contribution in [1.82, 2.24) is 0 Å². The largest absolute Gasteiger partial charge is 0.508 e. The highest BCUT2D eigenvalue weighted by Crippen LogP contribution is 2.36. The lowest BCUT2D eigenvalue weighted by Crippen LogP contribution is -2.37. The van der Waals surface area contributed by atoms with Gasteiger partial charge in [0.25, 0.3) is 0 Å². The van der Waals surface area contributed by atoms with Gasteiger partial charge in [-0.25, -0.2) is 0 Å². The fraction of sp³-hybridized carbons (Fsp3) is 0.276. The van der Waals surface area contributed by atoms with Crippen LogP contribution in [0.2, 0.25) is 0 Å². The highest BCUT2D eigenvalue weighted by Gasteiger charge is 2.22. The molecule has 0 fully saturated rings. The van der Waals surface area contributed by atoms with Gasteiger partial charge >= 0.3 is 5.97 Å². The number of hydrogen-bond donors (Lipinski definition) is 2. The first kappa shape index (κ1) is 24.7. The predicted molar refractivity (Wildman–Crippen MR) is 146 cm³/mol. The molecule has 182 valence electrons. The average molecular weight is 489 g/mol. The number of nitrogens with one attached hydrogen (secondary N) is 1. The monoisotopic (exact) mass is 488 g/mol. The summed E-state index contributed by atoms with van der Waals surface area (Å²) < 4.78 is 8.45. The standard InChI is InChI=1S/C29H32N2O3S/c1-20-7-6-8-22(17-20)19-31(21(2)18-29(33)34-3)28-16-15-27(25-9-4-5-10-26(25)28)30-35-24-13-11-23(32)12-14-24/h4-6,8-17,20-21,30,32H,7,18-19H2,1-3H3. The maximum absolute atomic E-state index is 12.2. The Kier molecular flexibility index (Phi) is 8.03. The van der Waals surface area contributed by atoms with Crippen molar-refractivity contribution < 1.29 is 14.6 Å². The van der Waals surface area contributed by atoms with Crippen LogP contribution in [0.4, 0.5) is 11.4 Å². The Hall–Kier alpha value is -3.38. The van der Waals surface area contributed by atoms with E-state index in [0.29, 0.717) is 12.3 Å². The SMILES string of the molecule is COC(=O)CC(C)N(CC1=CC(C)CC=C1)c1ccc(NSc2ccc(O)cc2)c2ccccc12. The molecular weight excluding hydrogens is 456 g/mol. The maximum Gasteiger partial charge on any atom is 0.307 e. The van der Waals surface area contributed by atoms with E-state index in [4.69, 9.17) is 4.74 Å². The molecule has 1 aliphatic rings. The van der Waals surface area contributed by atoms with Gasteiger partial charge in [-0.3, -0.25) is 4.79 Å². The number of rotatable bonds is 9. The Morgan fingerprint density at radius 1 is 1.14 bits per heavy atom. The lowest BCUT2D eigenvalue weighted by molar-refractivity contribution is -0.140. The second-order valence-electron chi connectivity index (χ2n) is 8.99. The summed E-state index contributed by atoms with van der Waals surface area (Å²) >= 11 is 1.50. The molecule has 3 aromatic rings. The Morgan fingerprint density at radius 3 is 2.60 bits per heavy atom. The number of carbonyl (C=O) groups is 1. The molecule has 1 aliphatic carbocycles. The van der Waals surface area contributed by atoms with Crippen LogP contribution in [0.15, 0.2) is 89.4 Å². The molecule has 0 bridgehead atoms. The van der Waals surface area contributed by atoms with E-state index >= 15 is 0 Å². The van der Waals surface area contributed by atoms with Crippen LogP contribution in [-0.4, -0.2) is 30.8 Å². The summed E-state index contributed by atoms with van der Waals surface area (Å²) in [5, 5.41) is 11.8. The molecule has 4 rings (SSSR count). The van der Waals surface area contributed by atoms with Gasteiger partial charge in [0.2, 0.25) is 0 Å². The van der Waals surface area contributed by atoms with Crippen LogP contribution < -0.4 is 9.62 Å². The van der Waals surface area contributed by atoms with Crippen LogP contribution in [0.25, 0.3) is 10.8 Å². The van der Waals surface area contributed by atoms with Crippen molar-refractivity contribution in [1.29, 1.82) is 0 Å². The molecule has 3 aromatic carbocycles. The molecule has 0 saturated carbocycles. The number of allylic oxidation sites excluding steroid dienone is 2.